The highest BCUT2D eigenvalue weighted by molar-refractivity contribution is 5.83. The van der Waals surface area contributed by atoms with Gasteiger partial charge in [-0.25, -0.2) is 0 Å². The number of piperazine rings is 1. The second-order valence-corrected chi connectivity index (χ2v) is 9.17. The number of hydrogen-bond acceptors (Lipinski definition) is 4. The Morgan fingerprint density at radius 2 is 1.26 bits per heavy atom. The van der Waals surface area contributed by atoms with Crippen LogP contribution in [-0.2, 0) is 9.59 Å². The normalized spacial score (nSPS) is 28.5. The number of hydrogen-bond donors (Lipinski definition) is 0. The summed E-state index contributed by atoms with van der Waals surface area (Å²) in [5.74, 6) is 1.21. The number of piperidine rings is 1. The summed E-state index contributed by atoms with van der Waals surface area (Å²) in [6.45, 7) is 12.6. The van der Waals surface area contributed by atoms with Crippen LogP contribution >= 0.6 is 0 Å². The molecule has 2 aliphatic heterocycles. The molecule has 0 bridgehead atoms. The van der Waals surface area contributed by atoms with Gasteiger partial charge in [0.2, 0.25) is 5.91 Å². The molecular weight excluding hydrogens is 338 g/mol. The van der Waals surface area contributed by atoms with Gasteiger partial charge < -0.3 is 9.80 Å². The van der Waals surface area contributed by atoms with Gasteiger partial charge in [0.1, 0.15) is 5.78 Å². The van der Waals surface area contributed by atoms with Gasteiger partial charge in [-0.3, -0.25) is 14.5 Å². The molecule has 3 fully saturated rings. The number of likely N-dealkylation sites (tertiary alicyclic amines) is 1. The van der Waals surface area contributed by atoms with Gasteiger partial charge in [0.15, 0.2) is 0 Å². The van der Waals surface area contributed by atoms with Crippen molar-refractivity contribution in [3.05, 3.63) is 0 Å². The highest BCUT2D eigenvalue weighted by Gasteiger charge is 2.33. The van der Waals surface area contributed by atoms with Crippen molar-refractivity contribution in [2.75, 3.05) is 52.4 Å². The molecule has 154 valence electrons. The fourth-order valence-electron chi connectivity index (χ4n) is 5.01. The predicted octanol–water partition coefficient (Wildman–Crippen LogP) is 2.65. The van der Waals surface area contributed by atoms with Crippen molar-refractivity contribution < 1.29 is 9.59 Å². The molecule has 2 heterocycles. The SMILES string of the molecule is CC(C)C(=O)C1CCC(C(=O)N2CCN(CCN3CCCCC3)CC2)CC1. The van der Waals surface area contributed by atoms with E-state index < -0.39 is 0 Å². The number of ketones is 1. The second-order valence-electron chi connectivity index (χ2n) is 9.17. The molecule has 3 rings (SSSR count). The van der Waals surface area contributed by atoms with E-state index in [0.29, 0.717) is 11.7 Å². The van der Waals surface area contributed by atoms with Crippen LogP contribution in [0, 0.1) is 17.8 Å². The molecule has 0 N–H and O–H groups in total. The lowest BCUT2D eigenvalue weighted by atomic mass is 9.77. The zero-order valence-electron chi connectivity index (χ0n) is 17.5. The van der Waals surface area contributed by atoms with Gasteiger partial charge in [-0.05, 0) is 51.6 Å². The summed E-state index contributed by atoms with van der Waals surface area (Å²) >= 11 is 0. The van der Waals surface area contributed by atoms with Gasteiger partial charge in [-0.1, -0.05) is 20.3 Å². The first-order valence-corrected chi connectivity index (χ1v) is 11.3. The first kappa shape index (κ1) is 20.8. The van der Waals surface area contributed by atoms with E-state index in [-0.39, 0.29) is 17.8 Å². The van der Waals surface area contributed by atoms with Crippen LogP contribution in [0.4, 0.5) is 0 Å². The van der Waals surface area contributed by atoms with Gasteiger partial charge in [0.05, 0.1) is 0 Å². The highest BCUT2D eigenvalue weighted by atomic mass is 16.2. The molecule has 1 aliphatic carbocycles. The number of nitrogens with zero attached hydrogens (tertiary/aromatic N) is 3. The first-order chi connectivity index (χ1) is 13.0. The summed E-state index contributed by atoms with van der Waals surface area (Å²) < 4.78 is 0. The molecule has 0 aromatic carbocycles. The van der Waals surface area contributed by atoms with Gasteiger partial charge >= 0.3 is 0 Å². The molecule has 0 aromatic heterocycles. The highest BCUT2D eigenvalue weighted by Crippen LogP contribution is 2.32. The molecule has 1 amide bonds. The Bertz CT molecular complexity index is 486. The molecule has 5 nitrogen and oxygen atoms in total. The number of Topliss-reactive ketones (excluding diaryl/α,β-unsaturated/α-hetero) is 1. The van der Waals surface area contributed by atoms with Crippen LogP contribution in [-0.4, -0.2) is 78.7 Å². The maximum Gasteiger partial charge on any atom is 0.225 e. The van der Waals surface area contributed by atoms with E-state index in [0.717, 1.165) is 58.4 Å². The third-order valence-corrected chi connectivity index (χ3v) is 6.91. The van der Waals surface area contributed by atoms with E-state index in [1.54, 1.807) is 0 Å². The Balaban J connectivity index is 1.35. The summed E-state index contributed by atoms with van der Waals surface area (Å²) in [4.78, 5) is 32.3. The van der Waals surface area contributed by atoms with E-state index in [9.17, 15) is 9.59 Å². The minimum absolute atomic E-state index is 0.125. The number of carbonyl (C=O) groups excluding carboxylic acids is 2. The third-order valence-electron chi connectivity index (χ3n) is 6.91. The third kappa shape index (κ3) is 5.77. The van der Waals surface area contributed by atoms with Gasteiger partial charge in [-0.2, -0.15) is 0 Å². The lowest BCUT2D eigenvalue weighted by Crippen LogP contribution is -2.52. The average Bonchev–Trinajstić information content (AvgIpc) is 2.72. The smallest absolute Gasteiger partial charge is 0.225 e. The lowest BCUT2D eigenvalue weighted by molar-refractivity contribution is -0.140. The quantitative estimate of drug-likeness (QED) is 0.714. The molecule has 2 saturated heterocycles. The molecule has 0 atom stereocenters. The van der Waals surface area contributed by atoms with Crippen molar-refractivity contribution in [2.45, 2.75) is 58.8 Å². The maximum absolute atomic E-state index is 12.9. The van der Waals surface area contributed by atoms with Crippen LogP contribution in [0.25, 0.3) is 0 Å². The van der Waals surface area contributed by atoms with Crippen LogP contribution in [0.3, 0.4) is 0 Å². The summed E-state index contributed by atoms with van der Waals surface area (Å²) in [5.41, 5.74) is 0. The van der Waals surface area contributed by atoms with Crippen LogP contribution in [0.15, 0.2) is 0 Å². The van der Waals surface area contributed by atoms with Gasteiger partial charge in [0, 0.05) is 57.0 Å². The molecule has 0 aromatic rings. The molecule has 0 unspecified atom stereocenters. The number of rotatable bonds is 6. The fraction of sp³-hybridized carbons (Fsp3) is 0.909. The molecule has 0 spiro atoms. The van der Waals surface area contributed by atoms with Crippen molar-refractivity contribution in [1.29, 1.82) is 0 Å². The monoisotopic (exact) mass is 377 g/mol. The van der Waals surface area contributed by atoms with Gasteiger partial charge in [-0.15, -0.1) is 0 Å². The standard InChI is InChI=1S/C22H39N3O2/c1-18(2)21(26)19-6-8-20(9-7-19)22(27)25-16-14-24(15-17-25)13-12-23-10-4-3-5-11-23/h18-20H,3-17H2,1-2H3. The Labute approximate surface area is 165 Å². The predicted molar refractivity (Wildman–Crippen MR) is 109 cm³/mol. The molecule has 1 saturated carbocycles. The van der Waals surface area contributed by atoms with Crippen LogP contribution < -0.4 is 0 Å². The number of carbonyl (C=O) groups is 2. The van der Waals surface area contributed by atoms with Crippen LogP contribution in [0.1, 0.15) is 58.8 Å². The zero-order chi connectivity index (χ0) is 19.2. The molecule has 3 aliphatic rings. The Morgan fingerprint density at radius 3 is 1.81 bits per heavy atom. The zero-order valence-corrected chi connectivity index (χ0v) is 17.5. The van der Waals surface area contributed by atoms with E-state index in [1.165, 1.54) is 38.9 Å². The molecule has 27 heavy (non-hydrogen) atoms. The van der Waals surface area contributed by atoms with Crippen molar-refractivity contribution in [3.63, 3.8) is 0 Å². The maximum atomic E-state index is 12.9. The Morgan fingerprint density at radius 1 is 0.741 bits per heavy atom. The average molecular weight is 378 g/mol. The summed E-state index contributed by atoms with van der Waals surface area (Å²) in [7, 11) is 0. The van der Waals surface area contributed by atoms with E-state index in [2.05, 4.69) is 14.7 Å². The van der Waals surface area contributed by atoms with Crippen LogP contribution in [0.2, 0.25) is 0 Å². The van der Waals surface area contributed by atoms with E-state index >= 15 is 0 Å². The molecule has 0 radical (unpaired) electrons. The topological polar surface area (TPSA) is 43.9 Å². The largest absolute Gasteiger partial charge is 0.340 e. The fourth-order valence-corrected chi connectivity index (χ4v) is 5.01. The minimum Gasteiger partial charge on any atom is -0.340 e. The number of amides is 1. The van der Waals surface area contributed by atoms with Crippen molar-refractivity contribution in [3.8, 4) is 0 Å². The summed E-state index contributed by atoms with van der Waals surface area (Å²) in [5, 5.41) is 0. The Kier molecular flexibility index (Phi) is 7.71. The van der Waals surface area contributed by atoms with E-state index in [4.69, 9.17) is 0 Å². The van der Waals surface area contributed by atoms with E-state index in [1.807, 2.05) is 13.8 Å². The van der Waals surface area contributed by atoms with Crippen LogP contribution in [0.5, 0.6) is 0 Å². The van der Waals surface area contributed by atoms with Gasteiger partial charge in [0.25, 0.3) is 0 Å². The van der Waals surface area contributed by atoms with Crippen molar-refractivity contribution in [2.24, 2.45) is 17.8 Å². The Hall–Kier alpha value is -0.940. The van der Waals surface area contributed by atoms with Crippen molar-refractivity contribution >= 4 is 11.7 Å². The first-order valence-electron chi connectivity index (χ1n) is 11.3. The lowest BCUT2D eigenvalue weighted by Gasteiger charge is -2.38. The molecular formula is C22H39N3O2. The van der Waals surface area contributed by atoms with Crippen molar-refractivity contribution in [1.82, 2.24) is 14.7 Å². The summed E-state index contributed by atoms with van der Waals surface area (Å²) in [6.07, 6.45) is 7.71. The summed E-state index contributed by atoms with van der Waals surface area (Å²) in [6, 6.07) is 0. The minimum atomic E-state index is 0.125. The second kappa shape index (κ2) is 10.0. The molecule has 5 heteroatoms.